The van der Waals surface area contributed by atoms with Crippen molar-refractivity contribution in [2.75, 3.05) is 0 Å². The molecule has 6 N–H and O–H groups in total. The summed E-state index contributed by atoms with van der Waals surface area (Å²) in [4.78, 5) is 0. The Bertz CT molecular complexity index is 6.00. The van der Waals surface area contributed by atoms with E-state index in [0.717, 1.165) is 0 Å². The summed E-state index contributed by atoms with van der Waals surface area (Å²) in [5.41, 5.74) is 0. The minimum atomic E-state index is 0. The molecule has 0 unspecified atom stereocenters. The average molecular weight is 230 g/mol. The van der Waals surface area contributed by atoms with Gasteiger partial charge < -0.3 is 16.4 Å². The average Bonchev–Trinajstić information content (AvgIpc) is 0. The molecule has 0 saturated heterocycles. The van der Waals surface area contributed by atoms with Gasteiger partial charge in [-0.1, -0.05) is 0 Å². The zero-order valence-corrected chi connectivity index (χ0v) is 5.41. The molecular formula is H6Ni3O3. The summed E-state index contributed by atoms with van der Waals surface area (Å²) in [5, 5.41) is 0. The molecule has 6 heteroatoms. The number of rotatable bonds is 0. The van der Waals surface area contributed by atoms with Crippen LogP contribution in [0.15, 0.2) is 0 Å². The Labute approximate surface area is 66.0 Å². The fourth-order valence-corrected chi connectivity index (χ4v) is 0. The van der Waals surface area contributed by atoms with Crippen molar-refractivity contribution in [2.45, 2.75) is 0 Å². The van der Waals surface area contributed by atoms with Gasteiger partial charge in [0.25, 0.3) is 0 Å². The van der Waals surface area contributed by atoms with Gasteiger partial charge in [-0.05, 0) is 0 Å². The van der Waals surface area contributed by atoms with Gasteiger partial charge in [-0.2, -0.15) is 0 Å². The van der Waals surface area contributed by atoms with Crippen molar-refractivity contribution in [3.05, 3.63) is 0 Å². The molecule has 0 aromatic rings. The van der Waals surface area contributed by atoms with E-state index in [0.29, 0.717) is 0 Å². The Morgan fingerprint density at radius 1 is 0.333 bits per heavy atom. The van der Waals surface area contributed by atoms with E-state index in [-0.39, 0.29) is 65.9 Å². The van der Waals surface area contributed by atoms with Gasteiger partial charge in [-0.25, -0.2) is 0 Å². The van der Waals surface area contributed by atoms with E-state index in [1.165, 1.54) is 0 Å². The van der Waals surface area contributed by atoms with Crippen molar-refractivity contribution in [3.8, 4) is 0 Å². The maximum Gasteiger partial charge on any atom is 0 e. The first-order chi connectivity index (χ1) is 0. The summed E-state index contributed by atoms with van der Waals surface area (Å²) in [5.74, 6) is 0. The van der Waals surface area contributed by atoms with E-state index in [4.69, 9.17) is 0 Å². The molecule has 0 fully saturated rings. The van der Waals surface area contributed by atoms with Crippen LogP contribution in [0.25, 0.3) is 0 Å². The molecule has 0 aliphatic rings. The van der Waals surface area contributed by atoms with Crippen molar-refractivity contribution in [1.29, 1.82) is 0 Å². The summed E-state index contributed by atoms with van der Waals surface area (Å²) in [7, 11) is 0. The zero-order chi connectivity index (χ0) is 0. The van der Waals surface area contributed by atoms with E-state index in [9.17, 15) is 0 Å². The van der Waals surface area contributed by atoms with Gasteiger partial charge in [0.2, 0.25) is 0 Å². The van der Waals surface area contributed by atoms with Crippen molar-refractivity contribution in [2.24, 2.45) is 0 Å². The maximum absolute atomic E-state index is 0. The monoisotopic (exact) mass is 228 g/mol. The van der Waals surface area contributed by atoms with Crippen LogP contribution in [0, 0.1) is 0 Å². The minimum Gasteiger partial charge on any atom is -0.412 e. The van der Waals surface area contributed by atoms with Crippen LogP contribution in [0.1, 0.15) is 0 Å². The summed E-state index contributed by atoms with van der Waals surface area (Å²) in [6.07, 6.45) is 0. The second-order valence-electron chi connectivity index (χ2n) is 0. The fraction of sp³-hybridized carbons (Fsp3) is 0. The minimum absolute atomic E-state index is 0. The Balaban J connectivity index is 0. The summed E-state index contributed by atoms with van der Waals surface area (Å²) in [6, 6.07) is 0. The second-order valence-corrected chi connectivity index (χ2v) is 0. The van der Waals surface area contributed by atoms with Crippen molar-refractivity contribution in [1.82, 2.24) is 0 Å². The zero-order valence-electron chi connectivity index (χ0n) is 2.45. The number of hydrogen-bond donors (Lipinski definition) is 0. The summed E-state index contributed by atoms with van der Waals surface area (Å²) >= 11 is 0. The Hall–Kier alpha value is 1.36. The van der Waals surface area contributed by atoms with Crippen molar-refractivity contribution in [3.63, 3.8) is 0 Å². The molecule has 0 heterocycles. The first-order valence-corrected chi connectivity index (χ1v) is 0. The van der Waals surface area contributed by atoms with Crippen LogP contribution >= 0.6 is 0 Å². The molecule has 0 saturated carbocycles. The molecule has 0 radical (unpaired) electrons. The van der Waals surface area contributed by atoms with Gasteiger partial charge in [-0.3, -0.25) is 0 Å². The van der Waals surface area contributed by atoms with Gasteiger partial charge in [0, 0.05) is 49.5 Å². The van der Waals surface area contributed by atoms with E-state index in [2.05, 4.69) is 0 Å². The van der Waals surface area contributed by atoms with Gasteiger partial charge >= 0.3 is 0 Å². The van der Waals surface area contributed by atoms with Crippen LogP contribution in [-0.2, 0) is 49.5 Å². The van der Waals surface area contributed by atoms with Gasteiger partial charge in [-0.15, -0.1) is 0 Å². The molecule has 0 atom stereocenters. The molecule has 6 heavy (non-hydrogen) atoms. The first-order valence-electron chi connectivity index (χ1n) is 0. The van der Waals surface area contributed by atoms with Gasteiger partial charge in [0.1, 0.15) is 0 Å². The first kappa shape index (κ1) is 161. The van der Waals surface area contributed by atoms with Crippen LogP contribution in [0.4, 0.5) is 0 Å². The number of hydrogen-bond acceptors (Lipinski definition) is 0. The molecular weight excluding hydrogens is 224 g/mol. The predicted octanol–water partition coefficient (Wildman–Crippen LogP) is -2.48. The molecule has 0 aromatic heterocycles. The van der Waals surface area contributed by atoms with E-state index >= 15 is 0 Å². The maximum atomic E-state index is 0. The molecule has 0 bridgehead atoms. The molecule has 3 nitrogen and oxygen atoms in total. The summed E-state index contributed by atoms with van der Waals surface area (Å²) in [6.45, 7) is 0. The van der Waals surface area contributed by atoms with Crippen LogP contribution in [-0.4, -0.2) is 16.4 Å². The van der Waals surface area contributed by atoms with Crippen LogP contribution in [0.2, 0.25) is 0 Å². The topological polar surface area (TPSA) is 94.5 Å². The fourth-order valence-electron chi connectivity index (χ4n) is 0. The quantitative estimate of drug-likeness (QED) is 0.412. The third-order valence-electron chi connectivity index (χ3n) is 0. The molecule has 54 valence electrons. The van der Waals surface area contributed by atoms with Crippen LogP contribution < -0.4 is 0 Å². The molecule has 0 aliphatic heterocycles. The molecule has 0 spiro atoms. The Morgan fingerprint density at radius 3 is 0.333 bits per heavy atom. The van der Waals surface area contributed by atoms with Crippen molar-refractivity contribution >= 4 is 0 Å². The van der Waals surface area contributed by atoms with Gasteiger partial charge in [0.15, 0.2) is 0 Å². The predicted molar refractivity (Wildman–Crippen MR) is 10.8 cm³/mol. The SMILES string of the molecule is O.O.O.[Ni].[Ni].[Ni]. The standard InChI is InChI=1S/3Ni.3H2O/h;;;3*1H2. The van der Waals surface area contributed by atoms with E-state index in [1.54, 1.807) is 0 Å². The Morgan fingerprint density at radius 2 is 0.333 bits per heavy atom. The smallest absolute Gasteiger partial charge is 0 e. The molecule has 0 aromatic carbocycles. The second kappa shape index (κ2) is 98.7. The van der Waals surface area contributed by atoms with Gasteiger partial charge in [0.05, 0.1) is 0 Å². The Kier molecular flexibility index (Phi) is 2650. The van der Waals surface area contributed by atoms with Crippen molar-refractivity contribution < 1.29 is 65.9 Å². The summed E-state index contributed by atoms with van der Waals surface area (Å²) < 4.78 is 0. The van der Waals surface area contributed by atoms with Crippen LogP contribution in [0.3, 0.4) is 0 Å². The third kappa shape index (κ3) is 55.1. The molecule has 0 aliphatic carbocycles. The molecule has 0 rings (SSSR count). The normalized spacial score (nSPS) is 0. The third-order valence-corrected chi connectivity index (χ3v) is 0. The largest absolute Gasteiger partial charge is 0.412 e. The van der Waals surface area contributed by atoms with E-state index < -0.39 is 0 Å². The van der Waals surface area contributed by atoms with E-state index in [1.807, 2.05) is 0 Å². The molecule has 0 amide bonds. The van der Waals surface area contributed by atoms with Crippen LogP contribution in [0.5, 0.6) is 0 Å².